The first-order valence-electron chi connectivity index (χ1n) is 5.48. The van der Waals surface area contributed by atoms with Gasteiger partial charge in [0.25, 0.3) is 0 Å². The van der Waals surface area contributed by atoms with E-state index in [4.69, 9.17) is 5.73 Å². The third-order valence-corrected chi connectivity index (χ3v) is 2.80. The lowest BCUT2D eigenvalue weighted by molar-refractivity contribution is 0.0973. The Bertz CT molecular complexity index is 190. The quantitative estimate of drug-likeness (QED) is 0.512. The Balaban J connectivity index is 2.45. The van der Waals surface area contributed by atoms with E-state index in [2.05, 4.69) is 9.80 Å². The van der Waals surface area contributed by atoms with Gasteiger partial charge in [0.05, 0.1) is 12.2 Å². The Labute approximate surface area is 91.5 Å². The molecule has 1 fully saturated rings. The van der Waals surface area contributed by atoms with Crippen LogP contribution in [-0.2, 0) is 0 Å². The predicted octanol–water partition coefficient (Wildman–Crippen LogP) is -1.70. The van der Waals surface area contributed by atoms with Crippen LogP contribution in [0.25, 0.3) is 0 Å². The molecule has 0 aromatic rings. The van der Waals surface area contributed by atoms with Gasteiger partial charge in [0.1, 0.15) is 0 Å². The Hall–Kier alpha value is -0.200. The van der Waals surface area contributed by atoms with Gasteiger partial charge >= 0.3 is 0 Å². The van der Waals surface area contributed by atoms with E-state index in [1.54, 1.807) is 0 Å². The fraction of sp³-hybridized carbons (Fsp3) is 1.00. The van der Waals surface area contributed by atoms with Crippen molar-refractivity contribution in [1.29, 1.82) is 0 Å². The SMILES string of the molecule is CN(C)CC1CC(O)CN1CC(O)CN. The van der Waals surface area contributed by atoms with E-state index in [1.807, 2.05) is 14.1 Å². The molecular formula is C10H23N3O2. The molecule has 1 aliphatic heterocycles. The van der Waals surface area contributed by atoms with Gasteiger partial charge in [-0.1, -0.05) is 0 Å². The van der Waals surface area contributed by atoms with Crippen molar-refractivity contribution in [3.05, 3.63) is 0 Å². The molecule has 0 aromatic heterocycles. The minimum Gasteiger partial charge on any atom is -0.392 e. The van der Waals surface area contributed by atoms with Crippen molar-refractivity contribution in [2.45, 2.75) is 24.7 Å². The summed E-state index contributed by atoms with van der Waals surface area (Å²) in [5, 5.41) is 19.1. The number of aliphatic hydroxyl groups excluding tert-OH is 2. The summed E-state index contributed by atoms with van der Waals surface area (Å²) in [7, 11) is 4.03. The summed E-state index contributed by atoms with van der Waals surface area (Å²) in [6.45, 7) is 2.40. The molecule has 0 aromatic carbocycles. The van der Waals surface area contributed by atoms with Crippen LogP contribution in [0, 0.1) is 0 Å². The highest BCUT2D eigenvalue weighted by molar-refractivity contribution is 4.87. The van der Waals surface area contributed by atoms with Crippen molar-refractivity contribution in [2.75, 3.05) is 40.3 Å². The fourth-order valence-electron chi connectivity index (χ4n) is 2.14. The van der Waals surface area contributed by atoms with Crippen LogP contribution >= 0.6 is 0 Å². The maximum atomic E-state index is 9.60. The molecule has 1 aliphatic rings. The predicted molar refractivity (Wildman–Crippen MR) is 59.6 cm³/mol. The Morgan fingerprint density at radius 3 is 2.73 bits per heavy atom. The second-order valence-electron chi connectivity index (χ2n) is 4.65. The summed E-state index contributed by atoms with van der Waals surface area (Å²) < 4.78 is 0. The average molecular weight is 217 g/mol. The number of aliphatic hydroxyl groups is 2. The number of nitrogens with zero attached hydrogens (tertiary/aromatic N) is 2. The monoisotopic (exact) mass is 217 g/mol. The van der Waals surface area contributed by atoms with E-state index in [0.29, 0.717) is 19.1 Å². The summed E-state index contributed by atoms with van der Waals surface area (Å²) in [5.41, 5.74) is 5.38. The Kier molecular flexibility index (Phi) is 4.95. The number of nitrogens with two attached hydrogens (primary N) is 1. The van der Waals surface area contributed by atoms with Crippen LogP contribution < -0.4 is 5.73 Å². The summed E-state index contributed by atoms with van der Waals surface area (Å²) in [6, 6.07) is 0.330. The average Bonchev–Trinajstić information content (AvgIpc) is 2.45. The first kappa shape index (κ1) is 12.9. The second-order valence-corrected chi connectivity index (χ2v) is 4.65. The van der Waals surface area contributed by atoms with Crippen molar-refractivity contribution in [2.24, 2.45) is 5.73 Å². The molecule has 90 valence electrons. The van der Waals surface area contributed by atoms with Gasteiger partial charge in [0.15, 0.2) is 0 Å². The van der Waals surface area contributed by atoms with Gasteiger partial charge in [-0.05, 0) is 20.5 Å². The standard InChI is InChI=1S/C10H23N3O2/c1-12(2)5-8-3-9(14)6-13(8)7-10(15)4-11/h8-10,14-15H,3-7,11H2,1-2H3. The zero-order valence-corrected chi connectivity index (χ0v) is 9.63. The molecule has 5 nitrogen and oxygen atoms in total. The highest BCUT2D eigenvalue weighted by atomic mass is 16.3. The van der Waals surface area contributed by atoms with Crippen molar-refractivity contribution >= 4 is 0 Å². The molecule has 1 heterocycles. The summed E-state index contributed by atoms with van der Waals surface area (Å²) >= 11 is 0. The van der Waals surface area contributed by atoms with Gasteiger partial charge in [-0.3, -0.25) is 4.90 Å². The minimum atomic E-state index is -0.486. The van der Waals surface area contributed by atoms with E-state index in [1.165, 1.54) is 0 Å². The molecule has 0 bridgehead atoms. The van der Waals surface area contributed by atoms with Crippen molar-refractivity contribution in [1.82, 2.24) is 9.80 Å². The molecule has 0 spiro atoms. The maximum absolute atomic E-state index is 9.60. The van der Waals surface area contributed by atoms with Crippen molar-refractivity contribution in [3.8, 4) is 0 Å². The Morgan fingerprint density at radius 2 is 2.20 bits per heavy atom. The van der Waals surface area contributed by atoms with Crippen LogP contribution in [-0.4, -0.2) is 78.5 Å². The summed E-state index contributed by atoms with van der Waals surface area (Å²) in [4.78, 5) is 4.23. The molecule has 3 unspecified atom stereocenters. The lowest BCUT2D eigenvalue weighted by Gasteiger charge is -2.28. The molecule has 15 heavy (non-hydrogen) atoms. The number of likely N-dealkylation sites (N-methyl/N-ethyl adjacent to an activating group) is 1. The number of β-amino-alcohol motifs (C(OH)–C–C–N with tert-alkyl or cyclic N) is 2. The zero-order valence-electron chi connectivity index (χ0n) is 9.63. The van der Waals surface area contributed by atoms with Gasteiger partial charge in [0.2, 0.25) is 0 Å². The molecular weight excluding hydrogens is 194 g/mol. The van der Waals surface area contributed by atoms with Gasteiger partial charge in [-0.25, -0.2) is 0 Å². The van der Waals surface area contributed by atoms with E-state index >= 15 is 0 Å². The number of hydrogen-bond acceptors (Lipinski definition) is 5. The van der Waals surface area contributed by atoms with Crippen molar-refractivity contribution in [3.63, 3.8) is 0 Å². The van der Waals surface area contributed by atoms with Crippen LogP contribution in [0.5, 0.6) is 0 Å². The van der Waals surface area contributed by atoms with Gasteiger partial charge in [0, 0.05) is 32.2 Å². The molecule has 4 N–H and O–H groups in total. The third kappa shape index (κ3) is 4.04. The topological polar surface area (TPSA) is 73.0 Å². The minimum absolute atomic E-state index is 0.264. The normalized spacial score (nSPS) is 30.0. The molecule has 1 saturated heterocycles. The first-order valence-corrected chi connectivity index (χ1v) is 5.48. The molecule has 0 saturated carbocycles. The molecule has 0 amide bonds. The molecule has 5 heteroatoms. The van der Waals surface area contributed by atoms with Crippen molar-refractivity contribution < 1.29 is 10.2 Å². The second kappa shape index (κ2) is 5.77. The Morgan fingerprint density at radius 1 is 1.53 bits per heavy atom. The lowest BCUT2D eigenvalue weighted by Crippen LogP contribution is -2.43. The van der Waals surface area contributed by atoms with Gasteiger partial charge in [-0.2, -0.15) is 0 Å². The lowest BCUT2D eigenvalue weighted by atomic mass is 10.2. The van der Waals surface area contributed by atoms with E-state index < -0.39 is 6.10 Å². The number of rotatable bonds is 5. The van der Waals surface area contributed by atoms with Crippen LogP contribution in [0.3, 0.4) is 0 Å². The number of hydrogen-bond donors (Lipinski definition) is 3. The zero-order chi connectivity index (χ0) is 11.4. The molecule has 0 radical (unpaired) electrons. The van der Waals surface area contributed by atoms with Crippen LogP contribution in [0.15, 0.2) is 0 Å². The van der Waals surface area contributed by atoms with Crippen LogP contribution in [0.4, 0.5) is 0 Å². The smallest absolute Gasteiger partial charge is 0.0789 e. The summed E-state index contributed by atoms with van der Waals surface area (Å²) in [6.07, 6.45) is 0.0371. The van der Waals surface area contributed by atoms with E-state index in [9.17, 15) is 10.2 Å². The third-order valence-electron chi connectivity index (χ3n) is 2.80. The highest BCUT2D eigenvalue weighted by Gasteiger charge is 2.31. The van der Waals surface area contributed by atoms with E-state index in [0.717, 1.165) is 13.0 Å². The maximum Gasteiger partial charge on any atom is 0.0789 e. The van der Waals surface area contributed by atoms with E-state index in [-0.39, 0.29) is 12.6 Å². The van der Waals surface area contributed by atoms with Crippen LogP contribution in [0.2, 0.25) is 0 Å². The fourth-order valence-corrected chi connectivity index (χ4v) is 2.14. The first-order chi connectivity index (χ1) is 7.02. The van der Waals surface area contributed by atoms with Gasteiger partial charge < -0.3 is 20.8 Å². The largest absolute Gasteiger partial charge is 0.392 e. The molecule has 3 atom stereocenters. The van der Waals surface area contributed by atoms with Gasteiger partial charge in [-0.15, -0.1) is 0 Å². The molecule has 0 aliphatic carbocycles. The molecule has 1 rings (SSSR count). The summed E-state index contributed by atoms with van der Waals surface area (Å²) in [5.74, 6) is 0. The number of likely N-dealkylation sites (tertiary alicyclic amines) is 1. The van der Waals surface area contributed by atoms with Crippen LogP contribution in [0.1, 0.15) is 6.42 Å². The highest BCUT2D eigenvalue weighted by Crippen LogP contribution is 2.18.